The zero-order valence-corrected chi connectivity index (χ0v) is 10.1. The predicted molar refractivity (Wildman–Crippen MR) is 65.2 cm³/mol. The molecule has 4 heteroatoms. The summed E-state index contributed by atoms with van der Waals surface area (Å²) in [5.74, 6) is 6.05. The lowest BCUT2D eigenvalue weighted by Gasteiger charge is -2.23. The minimum Gasteiger partial charge on any atom is -0.381 e. The van der Waals surface area contributed by atoms with Gasteiger partial charge >= 0.3 is 0 Å². The van der Waals surface area contributed by atoms with Gasteiger partial charge in [0.2, 0.25) is 0 Å². The lowest BCUT2D eigenvalue weighted by molar-refractivity contribution is 0.177. The molecule has 0 spiro atoms. The maximum absolute atomic E-state index is 6.31. The maximum atomic E-state index is 6.31. The van der Waals surface area contributed by atoms with Gasteiger partial charge in [-0.1, -0.05) is 29.8 Å². The summed E-state index contributed by atoms with van der Waals surface area (Å²) in [6.45, 7) is 3.57. The lowest BCUT2D eigenvalue weighted by Crippen LogP contribution is -2.34. The predicted octanol–water partition coefficient (Wildman–Crippen LogP) is 2.19. The summed E-state index contributed by atoms with van der Waals surface area (Å²) in [5.41, 5.74) is 5.01. The largest absolute Gasteiger partial charge is 0.381 e. The van der Waals surface area contributed by atoms with Crippen molar-refractivity contribution in [3.05, 3.63) is 34.3 Å². The van der Waals surface area contributed by atoms with Gasteiger partial charge in [-0.3, -0.25) is 11.3 Å². The van der Waals surface area contributed by atoms with E-state index in [1.807, 2.05) is 25.1 Å². The Kier molecular flexibility index (Phi) is 3.82. The number of benzene rings is 1. The fourth-order valence-corrected chi connectivity index (χ4v) is 2.45. The van der Waals surface area contributed by atoms with Crippen LogP contribution in [0.1, 0.15) is 23.6 Å². The number of hydrazine groups is 1. The minimum atomic E-state index is 0.0786. The average molecular weight is 241 g/mol. The van der Waals surface area contributed by atoms with Crippen LogP contribution in [0, 0.1) is 12.8 Å². The average Bonchev–Trinajstić information content (AvgIpc) is 2.79. The van der Waals surface area contributed by atoms with Gasteiger partial charge in [-0.15, -0.1) is 0 Å². The summed E-state index contributed by atoms with van der Waals surface area (Å²) in [5, 5.41) is 0.803. The minimum absolute atomic E-state index is 0.0786. The number of nitrogens with one attached hydrogen (secondary N) is 1. The Morgan fingerprint density at radius 1 is 1.56 bits per heavy atom. The molecule has 1 aromatic carbocycles. The SMILES string of the molecule is Cc1cccc(C(NN)C2CCOC2)c1Cl. The third-order valence-corrected chi connectivity index (χ3v) is 3.69. The van der Waals surface area contributed by atoms with Crippen molar-refractivity contribution in [3.8, 4) is 0 Å². The van der Waals surface area contributed by atoms with Crippen LogP contribution in [0.25, 0.3) is 0 Å². The molecule has 3 nitrogen and oxygen atoms in total. The van der Waals surface area contributed by atoms with Gasteiger partial charge in [0.05, 0.1) is 12.6 Å². The van der Waals surface area contributed by atoms with Gasteiger partial charge < -0.3 is 4.74 Å². The van der Waals surface area contributed by atoms with Crippen LogP contribution in [-0.4, -0.2) is 13.2 Å². The third kappa shape index (κ3) is 2.23. The van der Waals surface area contributed by atoms with E-state index in [0.29, 0.717) is 5.92 Å². The van der Waals surface area contributed by atoms with Gasteiger partial charge in [-0.25, -0.2) is 0 Å². The van der Waals surface area contributed by atoms with Gasteiger partial charge in [0.15, 0.2) is 0 Å². The lowest BCUT2D eigenvalue weighted by atomic mass is 9.92. The Labute approximate surface area is 101 Å². The fraction of sp³-hybridized carbons (Fsp3) is 0.500. The van der Waals surface area contributed by atoms with Crippen molar-refractivity contribution < 1.29 is 4.74 Å². The van der Waals surface area contributed by atoms with Gasteiger partial charge in [-0.05, 0) is 24.5 Å². The first-order valence-electron chi connectivity index (χ1n) is 5.53. The highest BCUT2D eigenvalue weighted by Gasteiger charge is 2.27. The van der Waals surface area contributed by atoms with E-state index in [2.05, 4.69) is 5.43 Å². The van der Waals surface area contributed by atoms with Crippen molar-refractivity contribution in [1.29, 1.82) is 0 Å². The number of rotatable bonds is 3. The van der Waals surface area contributed by atoms with Crippen molar-refractivity contribution >= 4 is 11.6 Å². The van der Waals surface area contributed by atoms with Gasteiger partial charge in [0.1, 0.15) is 0 Å². The molecule has 1 aliphatic rings. The summed E-state index contributed by atoms with van der Waals surface area (Å²) < 4.78 is 5.39. The van der Waals surface area contributed by atoms with Crippen LogP contribution >= 0.6 is 11.6 Å². The molecule has 1 aromatic rings. The van der Waals surface area contributed by atoms with Crippen LogP contribution in [0.3, 0.4) is 0 Å². The normalized spacial score (nSPS) is 22.3. The molecule has 2 atom stereocenters. The Morgan fingerprint density at radius 3 is 3.00 bits per heavy atom. The molecule has 1 fully saturated rings. The quantitative estimate of drug-likeness (QED) is 0.629. The molecule has 0 aliphatic carbocycles. The van der Waals surface area contributed by atoms with E-state index < -0.39 is 0 Å². The van der Waals surface area contributed by atoms with Crippen molar-refractivity contribution in [3.63, 3.8) is 0 Å². The standard InChI is InChI=1S/C12H17ClN2O/c1-8-3-2-4-10(11(8)13)12(15-14)9-5-6-16-7-9/h2-4,9,12,15H,5-7,14H2,1H3. The number of halogens is 1. The van der Waals surface area contributed by atoms with Gasteiger partial charge in [0, 0.05) is 17.5 Å². The Bertz CT molecular complexity index is 364. The summed E-state index contributed by atoms with van der Waals surface area (Å²) in [7, 11) is 0. The van der Waals surface area contributed by atoms with Crippen molar-refractivity contribution in [1.82, 2.24) is 5.43 Å². The third-order valence-electron chi connectivity index (χ3n) is 3.17. The first-order valence-corrected chi connectivity index (χ1v) is 5.90. The Hall–Kier alpha value is -0.610. The Balaban J connectivity index is 2.28. The molecule has 0 bridgehead atoms. The molecule has 0 amide bonds. The Morgan fingerprint density at radius 2 is 2.38 bits per heavy atom. The van der Waals surface area contributed by atoms with E-state index in [9.17, 15) is 0 Å². The molecule has 1 saturated heterocycles. The molecule has 2 rings (SSSR count). The number of hydrogen-bond acceptors (Lipinski definition) is 3. The molecule has 16 heavy (non-hydrogen) atoms. The molecular weight excluding hydrogens is 224 g/mol. The van der Waals surface area contributed by atoms with Crippen molar-refractivity contribution in [2.75, 3.05) is 13.2 Å². The second-order valence-corrected chi connectivity index (χ2v) is 4.62. The monoisotopic (exact) mass is 240 g/mol. The van der Waals surface area contributed by atoms with E-state index >= 15 is 0 Å². The van der Waals surface area contributed by atoms with Crippen LogP contribution in [0.4, 0.5) is 0 Å². The second kappa shape index (κ2) is 5.15. The molecule has 3 N–H and O–H groups in total. The number of nitrogens with two attached hydrogens (primary N) is 1. The van der Waals surface area contributed by atoms with Crippen LogP contribution < -0.4 is 11.3 Å². The van der Waals surface area contributed by atoms with E-state index in [-0.39, 0.29) is 6.04 Å². The highest BCUT2D eigenvalue weighted by atomic mass is 35.5. The smallest absolute Gasteiger partial charge is 0.0525 e. The number of hydrogen-bond donors (Lipinski definition) is 2. The van der Waals surface area contributed by atoms with Gasteiger partial charge in [-0.2, -0.15) is 0 Å². The van der Waals surface area contributed by atoms with E-state index in [0.717, 1.165) is 35.8 Å². The molecule has 0 radical (unpaired) electrons. The summed E-state index contributed by atoms with van der Waals surface area (Å²) in [6, 6.07) is 6.12. The van der Waals surface area contributed by atoms with Crippen molar-refractivity contribution in [2.45, 2.75) is 19.4 Å². The molecule has 2 unspecified atom stereocenters. The molecule has 1 aliphatic heterocycles. The topological polar surface area (TPSA) is 47.3 Å². The zero-order valence-electron chi connectivity index (χ0n) is 9.37. The fourth-order valence-electron chi connectivity index (χ4n) is 2.21. The summed E-state index contributed by atoms with van der Waals surface area (Å²) >= 11 is 6.31. The van der Waals surface area contributed by atoms with Crippen LogP contribution in [0.2, 0.25) is 5.02 Å². The van der Waals surface area contributed by atoms with E-state index in [1.54, 1.807) is 0 Å². The van der Waals surface area contributed by atoms with E-state index in [1.165, 1.54) is 0 Å². The van der Waals surface area contributed by atoms with Crippen molar-refractivity contribution in [2.24, 2.45) is 11.8 Å². The number of aryl methyl sites for hydroxylation is 1. The van der Waals surface area contributed by atoms with Crippen LogP contribution in [0.15, 0.2) is 18.2 Å². The highest BCUT2D eigenvalue weighted by Crippen LogP contribution is 2.33. The summed E-state index contributed by atoms with van der Waals surface area (Å²) in [4.78, 5) is 0. The molecule has 1 heterocycles. The maximum Gasteiger partial charge on any atom is 0.0525 e. The molecule has 0 saturated carbocycles. The molecular formula is C12H17ClN2O. The van der Waals surface area contributed by atoms with Crippen LogP contribution in [-0.2, 0) is 4.74 Å². The highest BCUT2D eigenvalue weighted by molar-refractivity contribution is 6.32. The molecule has 88 valence electrons. The second-order valence-electron chi connectivity index (χ2n) is 4.25. The molecule has 0 aromatic heterocycles. The first kappa shape index (κ1) is 11.9. The summed E-state index contributed by atoms with van der Waals surface area (Å²) in [6.07, 6.45) is 1.03. The zero-order chi connectivity index (χ0) is 11.5. The van der Waals surface area contributed by atoms with E-state index in [4.69, 9.17) is 22.2 Å². The first-order chi connectivity index (χ1) is 7.74. The van der Waals surface area contributed by atoms with Gasteiger partial charge in [0.25, 0.3) is 0 Å². The van der Waals surface area contributed by atoms with Crippen LogP contribution in [0.5, 0.6) is 0 Å². The number of ether oxygens (including phenoxy) is 1.